The Morgan fingerprint density at radius 2 is 1.92 bits per heavy atom. The highest BCUT2D eigenvalue weighted by Gasteiger charge is 2.47. The zero-order valence-corrected chi connectivity index (χ0v) is 22.3. The van der Waals surface area contributed by atoms with Crippen molar-refractivity contribution < 1.29 is 27.5 Å². The van der Waals surface area contributed by atoms with E-state index in [1.807, 2.05) is 0 Å². The summed E-state index contributed by atoms with van der Waals surface area (Å²) < 4.78 is 48.4. The van der Waals surface area contributed by atoms with Crippen molar-refractivity contribution in [3.05, 3.63) is 62.6 Å². The quantitative estimate of drug-likeness (QED) is 0.326. The maximum Gasteiger partial charge on any atom is 0.410 e. The Morgan fingerprint density at radius 1 is 1.21 bits per heavy atom. The SMILES string of the molecule is CC(C)OC(=O)c1c(NC(=O)c2cc3n(n2)[C@@H](C(F)(F)F)C[C@@H](c2ccc(Cl)cc2)N3)sc2c1CCCC2. The lowest BCUT2D eigenvalue weighted by Gasteiger charge is -2.33. The Kier molecular flexibility index (Phi) is 7.17. The molecule has 0 fully saturated rings. The van der Waals surface area contributed by atoms with Gasteiger partial charge >= 0.3 is 12.1 Å². The second-order valence-electron chi connectivity index (χ2n) is 9.72. The minimum atomic E-state index is -4.58. The molecule has 38 heavy (non-hydrogen) atoms. The van der Waals surface area contributed by atoms with Gasteiger partial charge in [-0.1, -0.05) is 23.7 Å². The monoisotopic (exact) mass is 566 g/mol. The number of hydrogen-bond acceptors (Lipinski definition) is 6. The summed E-state index contributed by atoms with van der Waals surface area (Å²) in [5, 5.41) is 10.6. The van der Waals surface area contributed by atoms with Crippen molar-refractivity contribution in [1.82, 2.24) is 9.78 Å². The summed E-state index contributed by atoms with van der Waals surface area (Å²) in [5.74, 6) is -1.15. The third-order valence-corrected chi connectivity index (χ3v) is 8.10. The van der Waals surface area contributed by atoms with Crippen LogP contribution in [0, 0.1) is 0 Å². The van der Waals surface area contributed by atoms with Crippen LogP contribution >= 0.6 is 22.9 Å². The number of carbonyl (C=O) groups is 2. The molecule has 1 aliphatic carbocycles. The molecule has 12 heteroatoms. The number of amides is 1. The fourth-order valence-corrected chi connectivity index (χ4v) is 6.31. The molecule has 1 aromatic carbocycles. The van der Waals surface area contributed by atoms with Gasteiger partial charge in [0, 0.05) is 22.4 Å². The number of nitrogens with zero attached hydrogens (tertiary/aromatic N) is 2. The highest BCUT2D eigenvalue weighted by Crippen LogP contribution is 2.44. The zero-order valence-electron chi connectivity index (χ0n) is 20.7. The fraction of sp³-hybridized carbons (Fsp3) is 0.423. The van der Waals surface area contributed by atoms with Crippen molar-refractivity contribution in [2.45, 2.75) is 70.3 Å². The molecule has 2 aromatic heterocycles. The molecule has 0 saturated heterocycles. The minimum absolute atomic E-state index is 0.0774. The smallest absolute Gasteiger partial charge is 0.410 e. The third kappa shape index (κ3) is 5.26. The summed E-state index contributed by atoms with van der Waals surface area (Å²) in [5.41, 5.74) is 1.65. The summed E-state index contributed by atoms with van der Waals surface area (Å²) in [6.45, 7) is 3.48. The lowest BCUT2D eigenvalue weighted by atomic mass is 9.95. The number of halogens is 4. The molecule has 3 heterocycles. The van der Waals surface area contributed by atoms with Crippen LogP contribution in [0.5, 0.6) is 0 Å². The zero-order chi connectivity index (χ0) is 27.2. The van der Waals surface area contributed by atoms with Crippen LogP contribution in [0.15, 0.2) is 30.3 Å². The lowest BCUT2D eigenvalue weighted by molar-refractivity contribution is -0.173. The molecule has 3 aromatic rings. The molecular formula is C26H26ClF3N4O3S. The Bertz CT molecular complexity index is 1370. The number of aromatic nitrogens is 2. The average Bonchev–Trinajstić information content (AvgIpc) is 3.44. The van der Waals surface area contributed by atoms with Crippen molar-refractivity contribution in [1.29, 1.82) is 0 Å². The first-order valence-corrected chi connectivity index (χ1v) is 13.6. The van der Waals surface area contributed by atoms with Gasteiger partial charge in [-0.05, 0) is 62.8 Å². The first-order valence-electron chi connectivity index (χ1n) is 12.4. The summed E-state index contributed by atoms with van der Waals surface area (Å²) in [4.78, 5) is 27.1. The van der Waals surface area contributed by atoms with Crippen molar-refractivity contribution in [2.24, 2.45) is 0 Å². The number of thiophene rings is 1. The number of anilines is 2. The molecule has 0 radical (unpaired) electrons. The topological polar surface area (TPSA) is 85.2 Å². The molecule has 2 N–H and O–H groups in total. The predicted molar refractivity (Wildman–Crippen MR) is 139 cm³/mol. The van der Waals surface area contributed by atoms with E-state index in [9.17, 15) is 22.8 Å². The fourth-order valence-electron chi connectivity index (χ4n) is 4.91. The first kappa shape index (κ1) is 26.6. The van der Waals surface area contributed by atoms with Crippen LogP contribution in [0.1, 0.15) is 82.0 Å². The number of rotatable bonds is 5. The van der Waals surface area contributed by atoms with Crippen LogP contribution in [0.25, 0.3) is 0 Å². The summed E-state index contributed by atoms with van der Waals surface area (Å²) in [6.07, 6.45) is -1.83. The first-order chi connectivity index (χ1) is 18.0. The number of aryl methyl sites for hydroxylation is 1. The van der Waals surface area contributed by atoms with Crippen molar-refractivity contribution in [3.8, 4) is 0 Å². The summed E-state index contributed by atoms with van der Waals surface area (Å²) in [6, 6.07) is 5.30. The molecule has 0 unspecified atom stereocenters. The molecule has 202 valence electrons. The number of alkyl halides is 3. The molecular weight excluding hydrogens is 541 g/mol. The normalized spacial score (nSPS) is 18.9. The Balaban J connectivity index is 1.45. The van der Waals surface area contributed by atoms with Crippen molar-refractivity contribution in [3.63, 3.8) is 0 Å². The van der Waals surface area contributed by atoms with E-state index < -0.39 is 30.1 Å². The van der Waals surface area contributed by atoms with Gasteiger partial charge in [-0.3, -0.25) is 4.79 Å². The van der Waals surface area contributed by atoms with E-state index in [-0.39, 0.29) is 24.0 Å². The Hall–Kier alpha value is -3.05. The maximum atomic E-state index is 14.0. The summed E-state index contributed by atoms with van der Waals surface area (Å²) in [7, 11) is 0. The number of benzene rings is 1. The largest absolute Gasteiger partial charge is 0.459 e. The van der Waals surface area contributed by atoms with Crippen LogP contribution in [-0.2, 0) is 17.6 Å². The number of ether oxygens (including phenoxy) is 1. The van der Waals surface area contributed by atoms with Gasteiger partial charge in [0.05, 0.1) is 17.7 Å². The molecule has 0 bridgehead atoms. The summed E-state index contributed by atoms with van der Waals surface area (Å²) >= 11 is 7.24. The number of nitrogens with one attached hydrogen (secondary N) is 2. The Labute approximate surface area is 226 Å². The molecule has 1 aliphatic heterocycles. The van der Waals surface area contributed by atoms with Gasteiger partial charge in [0.2, 0.25) is 0 Å². The highest BCUT2D eigenvalue weighted by atomic mass is 35.5. The van der Waals surface area contributed by atoms with Crippen LogP contribution in [-0.4, -0.2) is 33.9 Å². The second-order valence-corrected chi connectivity index (χ2v) is 11.3. The number of carbonyl (C=O) groups excluding carboxylic acids is 2. The number of hydrogen-bond donors (Lipinski definition) is 2. The minimum Gasteiger partial charge on any atom is -0.459 e. The van der Waals surface area contributed by atoms with E-state index in [0.717, 1.165) is 34.4 Å². The van der Waals surface area contributed by atoms with E-state index in [1.165, 1.54) is 17.4 Å². The molecule has 0 saturated carbocycles. The van der Waals surface area contributed by atoms with Crippen LogP contribution in [0.3, 0.4) is 0 Å². The Morgan fingerprint density at radius 3 is 2.61 bits per heavy atom. The van der Waals surface area contributed by atoms with E-state index in [2.05, 4.69) is 15.7 Å². The van der Waals surface area contributed by atoms with Gasteiger partial charge in [-0.15, -0.1) is 11.3 Å². The molecule has 5 rings (SSSR count). The lowest BCUT2D eigenvalue weighted by Crippen LogP contribution is -2.35. The maximum absolute atomic E-state index is 14.0. The molecule has 1 amide bonds. The predicted octanol–water partition coefficient (Wildman–Crippen LogP) is 6.95. The van der Waals surface area contributed by atoms with Crippen LogP contribution < -0.4 is 10.6 Å². The van der Waals surface area contributed by atoms with E-state index in [1.54, 1.807) is 38.1 Å². The van der Waals surface area contributed by atoms with E-state index >= 15 is 0 Å². The van der Waals surface area contributed by atoms with Gasteiger partial charge in [0.15, 0.2) is 11.7 Å². The van der Waals surface area contributed by atoms with Crippen molar-refractivity contribution >= 4 is 45.6 Å². The molecule has 2 aliphatic rings. The second kappa shape index (κ2) is 10.3. The van der Waals surface area contributed by atoms with Gasteiger partial charge in [0.1, 0.15) is 10.8 Å². The van der Waals surface area contributed by atoms with Gasteiger partial charge in [-0.25, -0.2) is 9.48 Å². The number of fused-ring (bicyclic) bond motifs is 2. The molecule has 2 atom stereocenters. The standard InChI is InChI=1S/C26H26ClF3N4O3S/c1-13(2)37-25(36)22-16-5-3-4-6-19(16)38-24(22)32-23(35)18-12-21-31-17(14-7-9-15(27)10-8-14)11-20(26(28,29)30)34(21)33-18/h7-10,12-13,17,20,31H,3-6,11H2,1-2H3,(H,32,35)/t17-,20+/m0/s1. The third-order valence-electron chi connectivity index (χ3n) is 6.64. The van der Waals surface area contributed by atoms with E-state index in [4.69, 9.17) is 16.3 Å². The van der Waals surface area contributed by atoms with E-state index in [0.29, 0.717) is 27.6 Å². The number of esters is 1. The van der Waals surface area contributed by atoms with Gasteiger partial charge in [-0.2, -0.15) is 18.3 Å². The highest BCUT2D eigenvalue weighted by molar-refractivity contribution is 7.17. The molecule has 0 spiro atoms. The average molecular weight is 567 g/mol. The van der Waals surface area contributed by atoms with Gasteiger partial charge < -0.3 is 15.4 Å². The van der Waals surface area contributed by atoms with Crippen molar-refractivity contribution in [2.75, 3.05) is 10.6 Å². The molecule has 7 nitrogen and oxygen atoms in total. The van der Waals surface area contributed by atoms with Gasteiger partial charge in [0.25, 0.3) is 5.91 Å². The van der Waals surface area contributed by atoms with Crippen LogP contribution in [0.2, 0.25) is 5.02 Å². The van der Waals surface area contributed by atoms with Crippen LogP contribution in [0.4, 0.5) is 24.0 Å².